The zero-order valence-corrected chi connectivity index (χ0v) is 16.0. The molecular formula is C21H25FN2O2S. The number of sulfonamides is 1. The van der Waals surface area contributed by atoms with Crippen LogP contribution in [0.4, 0.5) is 4.39 Å². The van der Waals surface area contributed by atoms with Crippen LogP contribution < -0.4 is 5.73 Å². The lowest BCUT2D eigenvalue weighted by Gasteiger charge is -2.36. The van der Waals surface area contributed by atoms with Gasteiger partial charge < -0.3 is 5.73 Å². The van der Waals surface area contributed by atoms with Crippen LogP contribution in [0.15, 0.2) is 59.5 Å². The number of hydrogen-bond donors (Lipinski definition) is 1. The molecule has 6 heteroatoms. The van der Waals surface area contributed by atoms with Crippen molar-refractivity contribution in [2.45, 2.75) is 48.2 Å². The van der Waals surface area contributed by atoms with Gasteiger partial charge in [0.05, 0.1) is 4.90 Å². The normalized spacial score (nSPS) is 25.3. The van der Waals surface area contributed by atoms with E-state index in [1.807, 2.05) is 24.3 Å². The van der Waals surface area contributed by atoms with Gasteiger partial charge in [-0.1, -0.05) is 42.5 Å². The van der Waals surface area contributed by atoms with E-state index in [1.165, 1.54) is 4.31 Å². The average molecular weight is 389 g/mol. The molecule has 2 fully saturated rings. The molecule has 27 heavy (non-hydrogen) atoms. The van der Waals surface area contributed by atoms with Crippen LogP contribution in [0.5, 0.6) is 0 Å². The summed E-state index contributed by atoms with van der Waals surface area (Å²) < 4.78 is 42.4. The van der Waals surface area contributed by atoms with E-state index in [1.54, 1.807) is 30.3 Å². The number of rotatable bonds is 5. The van der Waals surface area contributed by atoms with Gasteiger partial charge in [0, 0.05) is 31.5 Å². The van der Waals surface area contributed by atoms with Crippen molar-refractivity contribution in [1.29, 1.82) is 0 Å². The number of piperidine rings is 1. The highest BCUT2D eigenvalue weighted by atomic mass is 32.2. The SMILES string of the molecule is NC1CC1c1ccccc1CC1(F)CCN(S(=O)(=O)c2ccccc2)CC1. The van der Waals surface area contributed by atoms with Crippen molar-refractivity contribution in [2.24, 2.45) is 5.73 Å². The molecule has 2 atom stereocenters. The second kappa shape index (κ2) is 7.00. The molecular weight excluding hydrogens is 363 g/mol. The van der Waals surface area contributed by atoms with E-state index >= 15 is 4.39 Å². The summed E-state index contributed by atoms with van der Waals surface area (Å²) in [6, 6.07) is 16.5. The standard InChI is InChI=1S/C21H25FN2O2S/c22-21(15-16-6-4-5-9-18(16)19-14-20(19)23)10-12-24(13-11-21)27(25,26)17-7-2-1-3-8-17/h1-9,19-20H,10-15,23H2. The van der Waals surface area contributed by atoms with E-state index in [4.69, 9.17) is 5.73 Å². The molecule has 0 spiro atoms. The third-order valence-corrected chi connectivity index (χ3v) is 7.71. The van der Waals surface area contributed by atoms with Crippen molar-refractivity contribution in [3.8, 4) is 0 Å². The van der Waals surface area contributed by atoms with Crippen molar-refractivity contribution in [2.75, 3.05) is 13.1 Å². The van der Waals surface area contributed by atoms with Gasteiger partial charge in [0.15, 0.2) is 0 Å². The van der Waals surface area contributed by atoms with Gasteiger partial charge in [-0.15, -0.1) is 0 Å². The van der Waals surface area contributed by atoms with Gasteiger partial charge >= 0.3 is 0 Å². The first kappa shape index (κ1) is 18.6. The Bertz CT molecular complexity index is 909. The summed E-state index contributed by atoms with van der Waals surface area (Å²) in [5.74, 6) is 0.336. The minimum Gasteiger partial charge on any atom is -0.327 e. The number of alkyl halides is 1. The van der Waals surface area contributed by atoms with Gasteiger partial charge in [-0.2, -0.15) is 4.31 Å². The Hall–Kier alpha value is -1.76. The molecule has 4 rings (SSSR count). The lowest BCUT2D eigenvalue weighted by atomic mass is 9.85. The second-order valence-corrected chi connectivity index (χ2v) is 9.69. The Morgan fingerprint density at radius 3 is 2.26 bits per heavy atom. The molecule has 4 nitrogen and oxygen atoms in total. The molecule has 1 heterocycles. The highest BCUT2D eigenvalue weighted by Crippen LogP contribution is 2.42. The molecule has 2 N–H and O–H groups in total. The number of hydrogen-bond acceptors (Lipinski definition) is 3. The van der Waals surface area contributed by atoms with Crippen LogP contribution >= 0.6 is 0 Å². The Balaban J connectivity index is 1.46. The number of nitrogens with zero attached hydrogens (tertiary/aromatic N) is 1. The predicted octanol–water partition coefficient (Wildman–Crippen LogP) is 3.24. The van der Waals surface area contributed by atoms with Crippen LogP contribution in [-0.4, -0.2) is 37.5 Å². The molecule has 1 aliphatic carbocycles. The van der Waals surface area contributed by atoms with Crippen LogP contribution in [0.1, 0.15) is 36.3 Å². The highest BCUT2D eigenvalue weighted by molar-refractivity contribution is 7.89. The summed E-state index contributed by atoms with van der Waals surface area (Å²) in [6.45, 7) is 0.414. The lowest BCUT2D eigenvalue weighted by Crippen LogP contribution is -2.45. The van der Waals surface area contributed by atoms with E-state index in [0.29, 0.717) is 12.3 Å². The van der Waals surface area contributed by atoms with Crippen molar-refractivity contribution < 1.29 is 12.8 Å². The van der Waals surface area contributed by atoms with Crippen LogP contribution in [0, 0.1) is 0 Å². The molecule has 1 aliphatic heterocycles. The minimum atomic E-state index is -3.55. The second-order valence-electron chi connectivity index (χ2n) is 7.75. The maximum absolute atomic E-state index is 15.5. The number of nitrogens with two attached hydrogens (primary N) is 1. The first-order chi connectivity index (χ1) is 12.9. The van der Waals surface area contributed by atoms with Gasteiger partial charge in [0.1, 0.15) is 5.67 Å². The number of halogens is 1. The summed E-state index contributed by atoms with van der Waals surface area (Å²) >= 11 is 0. The van der Waals surface area contributed by atoms with E-state index < -0.39 is 15.7 Å². The first-order valence-corrected chi connectivity index (χ1v) is 10.9. The van der Waals surface area contributed by atoms with Gasteiger partial charge in [0.25, 0.3) is 0 Å². The molecule has 1 saturated heterocycles. The highest BCUT2D eigenvalue weighted by Gasteiger charge is 2.41. The lowest BCUT2D eigenvalue weighted by molar-refractivity contribution is 0.0887. The fraction of sp³-hybridized carbons (Fsp3) is 0.429. The quantitative estimate of drug-likeness (QED) is 0.855. The van der Waals surface area contributed by atoms with Gasteiger partial charge in [0.2, 0.25) is 10.0 Å². The number of benzene rings is 2. The van der Waals surface area contributed by atoms with Gasteiger partial charge in [-0.05, 0) is 42.5 Å². The van der Waals surface area contributed by atoms with Gasteiger partial charge in [-0.25, -0.2) is 12.8 Å². The monoisotopic (exact) mass is 388 g/mol. The van der Waals surface area contributed by atoms with Crippen molar-refractivity contribution in [1.82, 2.24) is 4.31 Å². The Morgan fingerprint density at radius 1 is 1.04 bits per heavy atom. The third kappa shape index (κ3) is 3.79. The Kier molecular flexibility index (Phi) is 4.82. The van der Waals surface area contributed by atoms with E-state index in [-0.39, 0.29) is 36.9 Å². The van der Waals surface area contributed by atoms with Gasteiger partial charge in [-0.3, -0.25) is 0 Å². The van der Waals surface area contributed by atoms with Crippen molar-refractivity contribution in [3.05, 3.63) is 65.7 Å². The van der Waals surface area contributed by atoms with Crippen molar-refractivity contribution in [3.63, 3.8) is 0 Å². The molecule has 0 aromatic heterocycles. The van der Waals surface area contributed by atoms with Crippen LogP contribution in [-0.2, 0) is 16.4 Å². The molecule has 2 aliphatic rings. The fourth-order valence-corrected chi connectivity index (χ4v) is 5.48. The molecule has 0 amide bonds. The molecule has 1 saturated carbocycles. The zero-order chi connectivity index (χ0) is 19.1. The largest absolute Gasteiger partial charge is 0.327 e. The van der Waals surface area contributed by atoms with E-state index in [9.17, 15) is 8.42 Å². The molecule has 144 valence electrons. The summed E-state index contributed by atoms with van der Waals surface area (Å²) in [5.41, 5.74) is 6.78. The van der Waals surface area contributed by atoms with Crippen LogP contribution in [0.25, 0.3) is 0 Å². The Morgan fingerprint density at radius 2 is 1.63 bits per heavy atom. The molecule has 0 bridgehead atoms. The first-order valence-electron chi connectivity index (χ1n) is 9.47. The average Bonchev–Trinajstić information content (AvgIpc) is 3.39. The predicted molar refractivity (Wildman–Crippen MR) is 104 cm³/mol. The third-order valence-electron chi connectivity index (χ3n) is 5.80. The zero-order valence-electron chi connectivity index (χ0n) is 15.2. The summed E-state index contributed by atoms with van der Waals surface area (Å²) in [7, 11) is -3.55. The summed E-state index contributed by atoms with van der Waals surface area (Å²) in [6.07, 6.45) is 1.71. The molecule has 2 unspecified atom stereocenters. The topological polar surface area (TPSA) is 63.4 Å². The van der Waals surface area contributed by atoms with Crippen LogP contribution in [0.3, 0.4) is 0 Å². The van der Waals surface area contributed by atoms with E-state index in [2.05, 4.69) is 0 Å². The van der Waals surface area contributed by atoms with E-state index in [0.717, 1.165) is 17.5 Å². The maximum atomic E-state index is 15.5. The molecule has 2 aromatic rings. The summed E-state index contributed by atoms with van der Waals surface area (Å²) in [4.78, 5) is 0.268. The van der Waals surface area contributed by atoms with Crippen molar-refractivity contribution >= 4 is 10.0 Å². The fourth-order valence-electron chi connectivity index (χ4n) is 4.02. The maximum Gasteiger partial charge on any atom is 0.243 e. The summed E-state index contributed by atoms with van der Waals surface area (Å²) in [5, 5.41) is 0. The molecule has 2 aromatic carbocycles. The van der Waals surface area contributed by atoms with Crippen LogP contribution in [0.2, 0.25) is 0 Å². The smallest absolute Gasteiger partial charge is 0.243 e. The minimum absolute atomic E-state index is 0.180. The molecule has 0 radical (unpaired) electrons. The Labute approximate surface area is 160 Å².